The van der Waals surface area contributed by atoms with E-state index in [4.69, 9.17) is 5.26 Å². The van der Waals surface area contributed by atoms with Crippen molar-refractivity contribution in [2.45, 2.75) is 25.7 Å². The van der Waals surface area contributed by atoms with Crippen molar-refractivity contribution in [3.63, 3.8) is 0 Å². The summed E-state index contributed by atoms with van der Waals surface area (Å²) in [5.41, 5.74) is 1.04. The van der Waals surface area contributed by atoms with Crippen molar-refractivity contribution in [2.75, 3.05) is 19.6 Å². The zero-order valence-electron chi connectivity index (χ0n) is 12.6. The number of carbonyl (C=O) groups is 2. The molecule has 1 N–H and O–H groups in total. The molecule has 1 fully saturated rings. The van der Waals surface area contributed by atoms with Crippen molar-refractivity contribution in [3.8, 4) is 6.07 Å². The third-order valence-electron chi connectivity index (χ3n) is 3.99. The molecule has 5 nitrogen and oxygen atoms in total. The molecule has 0 aliphatic carbocycles. The van der Waals surface area contributed by atoms with Gasteiger partial charge in [0.05, 0.1) is 12.5 Å². The van der Waals surface area contributed by atoms with E-state index >= 15 is 0 Å². The lowest BCUT2D eigenvalue weighted by atomic mass is 9.96. The van der Waals surface area contributed by atoms with E-state index < -0.39 is 0 Å². The van der Waals surface area contributed by atoms with Crippen LogP contribution >= 0.6 is 0 Å². The summed E-state index contributed by atoms with van der Waals surface area (Å²) in [7, 11) is 0. The Kier molecular flexibility index (Phi) is 5.96. The summed E-state index contributed by atoms with van der Waals surface area (Å²) in [5.74, 6) is 0.340. The zero-order chi connectivity index (χ0) is 15.8. The van der Waals surface area contributed by atoms with Crippen LogP contribution < -0.4 is 5.32 Å². The monoisotopic (exact) mass is 299 g/mol. The van der Waals surface area contributed by atoms with E-state index in [-0.39, 0.29) is 18.2 Å². The zero-order valence-corrected chi connectivity index (χ0v) is 12.6. The molecule has 0 unspecified atom stereocenters. The van der Waals surface area contributed by atoms with E-state index in [2.05, 4.69) is 5.32 Å². The van der Waals surface area contributed by atoms with E-state index in [1.807, 2.05) is 41.3 Å². The highest BCUT2D eigenvalue weighted by Crippen LogP contribution is 2.17. The summed E-state index contributed by atoms with van der Waals surface area (Å²) < 4.78 is 0. The number of benzene rings is 1. The van der Waals surface area contributed by atoms with Crippen molar-refractivity contribution in [3.05, 3.63) is 35.9 Å². The number of rotatable bonds is 5. The minimum atomic E-state index is -0.218. The number of nitrogens with zero attached hydrogens (tertiary/aromatic N) is 2. The highest BCUT2D eigenvalue weighted by Gasteiger charge is 2.22. The first kappa shape index (κ1) is 16.0. The van der Waals surface area contributed by atoms with Crippen LogP contribution in [0.15, 0.2) is 30.3 Å². The second-order valence-electron chi connectivity index (χ2n) is 5.63. The van der Waals surface area contributed by atoms with Crippen LogP contribution in [0.25, 0.3) is 0 Å². The first-order chi connectivity index (χ1) is 10.7. The molecule has 2 rings (SSSR count). The number of carbonyl (C=O) groups excluding carboxylic acids is 2. The topological polar surface area (TPSA) is 73.2 Å². The van der Waals surface area contributed by atoms with Gasteiger partial charge in [-0.25, -0.2) is 0 Å². The number of piperidine rings is 1. The van der Waals surface area contributed by atoms with E-state index in [0.29, 0.717) is 18.9 Å². The molecule has 1 heterocycles. The highest BCUT2D eigenvalue weighted by atomic mass is 16.2. The molecule has 1 aliphatic heterocycles. The average Bonchev–Trinajstić information content (AvgIpc) is 2.54. The number of amides is 2. The predicted molar refractivity (Wildman–Crippen MR) is 82.7 cm³/mol. The molecule has 1 saturated heterocycles. The van der Waals surface area contributed by atoms with Gasteiger partial charge in [-0.05, 0) is 24.3 Å². The molecule has 0 radical (unpaired) electrons. The Bertz CT molecular complexity index is 543. The quantitative estimate of drug-likeness (QED) is 0.895. The van der Waals surface area contributed by atoms with E-state index in [9.17, 15) is 9.59 Å². The third-order valence-corrected chi connectivity index (χ3v) is 3.99. The lowest BCUT2D eigenvalue weighted by Gasteiger charge is -2.32. The molecule has 0 bridgehead atoms. The summed E-state index contributed by atoms with van der Waals surface area (Å²) in [6.07, 6.45) is 2.15. The first-order valence-electron chi connectivity index (χ1n) is 7.64. The highest BCUT2D eigenvalue weighted by molar-refractivity contribution is 5.79. The van der Waals surface area contributed by atoms with Crippen LogP contribution in [0, 0.1) is 17.2 Å². The van der Waals surface area contributed by atoms with Crippen molar-refractivity contribution >= 4 is 11.8 Å². The second-order valence-corrected chi connectivity index (χ2v) is 5.63. The standard InChI is InChI=1S/C17H21N3O2/c18-9-6-16(21)19-13-15-7-10-20(11-8-15)17(22)12-14-4-2-1-3-5-14/h1-5,15H,6-8,10-13H2,(H,19,21). The van der Waals surface area contributed by atoms with E-state index in [1.54, 1.807) is 0 Å². The molecule has 0 spiro atoms. The van der Waals surface area contributed by atoms with Crippen LogP contribution in [-0.2, 0) is 16.0 Å². The maximum atomic E-state index is 12.2. The Balaban J connectivity index is 1.71. The lowest BCUT2D eigenvalue weighted by molar-refractivity contribution is -0.132. The van der Waals surface area contributed by atoms with Crippen LogP contribution in [0.1, 0.15) is 24.8 Å². The van der Waals surface area contributed by atoms with Gasteiger partial charge in [0.15, 0.2) is 0 Å². The van der Waals surface area contributed by atoms with Crippen LogP contribution in [0.5, 0.6) is 0 Å². The van der Waals surface area contributed by atoms with Gasteiger partial charge in [-0.3, -0.25) is 9.59 Å². The largest absolute Gasteiger partial charge is 0.355 e. The Labute approximate surface area is 130 Å². The maximum absolute atomic E-state index is 12.2. The molecular formula is C17H21N3O2. The Morgan fingerprint density at radius 3 is 2.55 bits per heavy atom. The lowest BCUT2D eigenvalue weighted by Crippen LogP contribution is -2.42. The second kappa shape index (κ2) is 8.18. The normalized spacial score (nSPS) is 15.1. The number of hydrogen-bond acceptors (Lipinski definition) is 3. The molecule has 0 aromatic heterocycles. The number of hydrogen-bond donors (Lipinski definition) is 1. The maximum Gasteiger partial charge on any atom is 0.234 e. The first-order valence-corrected chi connectivity index (χ1v) is 7.64. The van der Waals surface area contributed by atoms with Gasteiger partial charge in [0.25, 0.3) is 0 Å². The minimum absolute atomic E-state index is 0.0889. The Hall–Kier alpha value is -2.35. The molecule has 1 aromatic rings. The van der Waals surface area contributed by atoms with Gasteiger partial charge in [0.2, 0.25) is 11.8 Å². The average molecular weight is 299 g/mol. The van der Waals surface area contributed by atoms with Gasteiger partial charge < -0.3 is 10.2 Å². The third kappa shape index (κ3) is 4.88. The van der Waals surface area contributed by atoms with Crippen molar-refractivity contribution < 1.29 is 9.59 Å². The molecule has 0 saturated carbocycles. The Morgan fingerprint density at radius 1 is 1.23 bits per heavy atom. The summed E-state index contributed by atoms with van der Waals surface area (Å²) in [6, 6.07) is 11.6. The van der Waals surface area contributed by atoms with Gasteiger partial charge in [0, 0.05) is 19.6 Å². The number of likely N-dealkylation sites (tertiary alicyclic amines) is 1. The predicted octanol–water partition coefficient (Wildman–Crippen LogP) is 1.50. The SMILES string of the molecule is N#CCC(=O)NCC1CCN(C(=O)Cc2ccccc2)CC1. The van der Waals surface area contributed by atoms with Gasteiger partial charge >= 0.3 is 0 Å². The summed E-state index contributed by atoms with van der Waals surface area (Å²) in [5, 5.41) is 11.2. The summed E-state index contributed by atoms with van der Waals surface area (Å²) in [6.45, 7) is 2.08. The molecule has 1 aromatic carbocycles. The van der Waals surface area contributed by atoms with Gasteiger partial charge in [-0.2, -0.15) is 5.26 Å². The van der Waals surface area contributed by atoms with Crippen LogP contribution in [0.2, 0.25) is 0 Å². The smallest absolute Gasteiger partial charge is 0.234 e. The fourth-order valence-electron chi connectivity index (χ4n) is 2.66. The van der Waals surface area contributed by atoms with Crippen LogP contribution in [-0.4, -0.2) is 36.3 Å². The molecule has 116 valence electrons. The number of nitriles is 1. The Morgan fingerprint density at radius 2 is 1.91 bits per heavy atom. The van der Waals surface area contributed by atoms with E-state index in [0.717, 1.165) is 31.5 Å². The fourth-order valence-corrected chi connectivity index (χ4v) is 2.66. The van der Waals surface area contributed by atoms with Crippen LogP contribution in [0.3, 0.4) is 0 Å². The summed E-state index contributed by atoms with van der Waals surface area (Å²) >= 11 is 0. The van der Waals surface area contributed by atoms with Crippen molar-refractivity contribution in [1.82, 2.24) is 10.2 Å². The van der Waals surface area contributed by atoms with Crippen molar-refractivity contribution in [2.24, 2.45) is 5.92 Å². The van der Waals surface area contributed by atoms with Gasteiger partial charge in [0.1, 0.15) is 6.42 Å². The fraction of sp³-hybridized carbons (Fsp3) is 0.471. The van der Waals surface area contributed by atoms with Gasteiger partial charge in [-0.15, -0.1) is 0 Å². The van der Waals surface area contributed by atoms with Gasteiger partial charge in [-0.1, -0.05) is 30.3 Å². The van der Waals surface area contributed by atoms with Crippen molar-refractivity contribution in [1.29, 1.82) is 5.26 Å². The molecule has 2 amide bonds. The summed E-state index contributed by atoms with van der Waals surface area (Å²) in [4.78, 5) is 25.4. The molecule has 0 atom stereocenters. The van der Waals surface area contributed by atoms with Crippen LogP contribution in [0.4, 0.5) is 0 Å². The molecule has 5 heteroatoms. The number of nitrogens with one attached hydrogen (secondary N) is 1. The minimum Gasteiger partial charge on any atom is -0.355 e. The molecule has 1 aliphatic rings. The van der Waals surface area contributed by atoms with E-state index in [1.165, 1.54) is 0 Å². The molecular weight excluding hydrogens is 278 g/mol. The molecule has 22 heavy (non-hydrogen) atoms.